The van der Waals surface area contributed by atoms with Gasteiger partial charge in [0.2, 0.25) is 0 Å². The van der Waals surface area contributed by atoms with Crippen LogP contribution in [-0.2, 0) is 12.8 Å². The van der Waals surface area contributed by atoms with E-state index in [-0.39, 0.29) is 5.91 Å². The molecule has 2 rings (SSSR count). The van der Waals surface area contributed by atoms with Gasteiger partial charge in [-0.2, -0.15) is 0 Å². The average molecular weight is 317 g/mol. The molecule has 1 aromatic heterocycles. The molecule has 0 saturated carbocycles. The maximum Gasteiger partial charge on any atom is 0.251 e. The molecule has 118 valence electrons. The van der Waals surface area contributed by atoms with Gasteiger partial charge >= 0.3 is 0 Å². The fourth-order valence-corrected chi connectivity index (χ4v) is 2.89. The summed E-state index contributed by atoms with van der Waals surface area (Å²) in [6, 6.07) is 7.80. The highest BCUT2D eigenvalue weighted by Gasteiger charge is 2.07. The van der Waals surface area contributed by atoms with Crippen LogP contribution < -0.4 is 5.32 Å². The minimum absolute atomic E-state index is 0.00416. The zero-order chi connectivity index (χ0) is 15.9. The van der Waals surface area contributed by atoms with E-state index in [2.05, 4.69) is 24.1 Å². The highest BCUT2D eigenvalue weighted by atomic mass is 32.2. The van der Waals surface area contributed by atoms with Crippen molar-refractivity contribution in [2.75, 3.05) is 6.54 Å². The molecule has 1 N–H and O–H groups in total. The second-order valence-corrected chi connectivity index (χ2v) is 6.69. The van der Waals surface area contributed by atoms with E-state index >= 15 is 0 Å². The first-order chi connectivity index (χ1) is 10.6. The molecule has 1 heterocycles. The van der Waals surface area contributed by atoms with E-state index in [9.17, 15) is 4.79 Å². The van der Waals surface area contributed by atoms with Crippen LogP contribution in [0.3, 0.4) is 0 Å². The molecule has 22 heavy (non-hydrogen) atoms. The number of nitrogens with one attached hydrogen (secondary N) is 1. The van der Waals surface area contributed by atoms with Crippen molar-refractivity contribution in [2.24, 2.45) is 13.0 Å². The molecule has 0 aliphatic heterocycles. The molecule has 0 fully saturated rings. The van der Waals surface area contributed by atoms with Crippen LogP contribution in [0.1, 0.15) is 36.2 Å². The second-order valence-electron chi connectivity index (χ2n) is 5.75. The normalized spacial score (nSPS) is 10.9. The highest BCUT2D eigenvalue weighted by molar-refractivity contribution is 7.98. The van der Waals surface area contributed by atoms with Gasteiger partial charge in [-0.05, 0) is 30.0 Å². The Kier molecular flexibility index (Phi) is 6.07. The molecular weight excluding hydrogens is 294 g/mol. The number of aryl methyl sites for hydroxylation is 1. The van der Waals surface area contributed by atoms with E-state index < -0.39 is 0 Å². The van der Waals surface area contributed by atoms with E-state index in [1.54, 1.807) is 18.0 Å². The quantitative estimate of drug-likeness (QED) is 0.795. The standard InChI is InChI=1S/C17H23N3OS/c1-13(2)7-8-18-16(21)15-6-4-5-14(11-15)12-22-17-19-9-10-20(17)3/h4-6,9-11,13H,7-8,12H2,1-3H3,(H,18,21). The number of nitrogens with zero attached hydrogens (tertiary/aromatic N) is 2. The first-order valence-electron chi connectivity index (χ1n) is 7.53. The lowest BCUT2D eigenvalue weighted by atomic mass is 10.1. The Labute approximate surface area is 136 Å². The number of carbonyl (C=O) groups is 1. The van der Waals surface area contributed by atoms with Gasteiger partial charge in [0.25, 0.3) is 5.91 Å². The minimum Gasteiger partial charge on any atom is -0.352 e. The van der Waals surface area contributed by atoms with Gasteiger partial charge in [0.15, 0.2) is 5.16 Å². The number of rotatable bonds is 7. The van der Waals surface area contributed by atoms with Crippen LogP contribution in [0.5, 0.6) is 0 Å². The van der Waals surface area contributed by atoms with Crippen molar-refractivity contribution >= 4 is 17.7 Å². The van der Waals surface area contributed by atoms with Crippen molar-refractivity contribution in [1.29, 1.82) is 0 Å². The molecule has 0 radical (unpaired) electrons. The summed E-state index contributed by atoms with van der Waals surface area (Å²) in [4.78, 5) is 16.4. The van der Waals surface area contributed by atoms with Gasteiger partial charge in [0.05, 0.1) is 0 Å². The zero-order valence-electron chi connectivity index (χ0n) is 13.4. The first kappa shape index (κ1) is 16.6. The lowest BCUT2D eigenvalue weighted by Gasteiger charge is -2.08. The highest BCUT2D eigenvalue weighted by Crippen LogP contribution is 2.21. The molecule has 0 atom stereocenters. The fourth-order valence-electron chi connectivity index (χ4n) is 2.02. The summed E-state index contributed by atoms with van der Waals surface area (Å²) in [5.41, 5.74) is 1.85. The van der Waals surface area contributed by atoms with Crippen LogP contribution in [0.25, 0.3) is 0 Å². The van der Waals surface area contributed by atoms with Gasteiger partial charge < -0.3 is 9.88 Å². The number of carbonyl (C=O) groups excluding carboxylic acids is 1. The summed E-state index contributed by atoms with van der Waals surface area (Å²) < 4.78 is 1.99. The summed E-state index contributed by atoms with van der Waals surface area (Å²) in [5, 5.41) is 3.95. The molecule has 5 heteroatoms. The fraction of sp³-hybridized carbons (Fsp3) is 0.412. The number of benzene rings is 1. The maximum atomic E-state index is 12.1. The van der Waals surface area contributed by atoms with Crippen molar-refractivity contribution in [2.45, 2.75) is 31.2 Å². The summed E-state index contributed by atoms with van der Waals surface area (Å²) in [7, 11) is 1.98. The van der Waals surface area contributed by atoms with Gasteiger partial charge in [0, 0.05) is 37.3 Å². The molecule has 0 bridgehead atoms. The Morgan fingerprint density at radius 2 is 2.23 bits per heavy atom. The number of imidazole rings is 1. The van der Waals surface area contributed by atoms with E-state index in [4.69, 9.17) is 0 Å². The number of hydrogen-bond donors (Lipinski definition) is 1. The van der Waals surface area contributed by atoms with Crippen LogP contribution in [0.15, 0.2) is 41.8 Å². The van der Waals surface area contributed by atoms with Gasteiger partial charge in [0.1, 0.15) is 0 Å². The summed E-state index contributed by atoms with van der Waals surface area (Å²) in [6.07, 6.45) is 4.72. The van der Waals surface area contributed by atoms with Crippen LogP contribution >= 0.6 is 11.8 Å². The largest absolute Gasteiger partial charge is 0.352 e. The van der Waals surface area contributed by atoms with Crippen molar-refractivity contribution in [3.63, 3.8) is 0 Å². The summed E-state index contributed by atoms with van der Waals surface area (Å²) >= 11 is 1.67. The molecule has 2 aromatic rings. The average Bonchev–Trinajstić information content (AvgIpc) is 2.90. The van der Waals surface area contributed by atoms with Crippen molar-refractivity contribution < 1.29 is 4.79 Å². The van der Waals surface area contributed by atoms with Crippen molar-refractivity contribution in [3.8, 4) is 0 Å². The Morgan fingerprint density at radius 3 is 2.91 bits per heavy atom. The number of aromatic nitrogens is 2. The second kappa shape index (κ2) is 8.03. The summed E-state index contributed by atoms with van der Waals surface area (Å²) in [6.45, 7) is 5.03. The summed E-state index contributed by atoms with van der Waals surface area (Å²) in [5.74, 6) is 1.41. The van der Waals surface area contributed by atoms with E-state index in [0.717, 1.165) is 35.0 Å². The molecular formula is C17H23N3OS. The van der Waals surface area contributed by atoms with E-state index in [1.165, 1.54) is 0 Å². The zero-order valence-corrected chi connectivity index (χ0v) is 14.2. The third kappa shape index (κ3) is 4.91. The molecule has 4 nitrogen and oxygen atoms in total. The van der Waals surface area contributed by atoms with Gasteiger partial charge in [-0.3, -0.25) is 4.79 Å². The van der Waals surface area contributed by atoms with Crippen LogP contribution in [0.4, 0.5) is 0 Å². The van der Waals surface area contributed by atoms with E-state index in [1.807, 2.05) is 42.1 Å². The molecule has 0 spiro atoms. The molecule has 0 unspecified atom stereocenters. The predicted molar refractivity (Wildman–Crippen MR) is 91.0 cm³/mol. The Hall–Kier alpha value is -1.75. The SMILES string of the molecule is CC(C)CCNC(=O)c1cccc(CSc2nccn2C)c1. The van der Waals surface area contributed by atoms with Gasteiger partial charge in [-0.1, -0.05) is 37.7 Å². The van der Waals surface area contributed by atoms with E-state index in [0.29, 0.717) is 5.92 Å². The molecule has 0 aliphatic rings. The third-order valence-electron chi connectivity index (χ3n) is 3.34. The number of amides is 1. The van der Waals surface area contributed by atoms with Crippen LogP contribution in [0, 0.1) is 5.92 Å². The Morgan fingerprint density at radius 1 is 1.41 bits per heavy atom. The predicted octanol–water partition coefficient (Wildman–Crippen LogP) is 3.49. The minimum atomic E-state index is 0.00416. The third-order valence-corrected chi connectivity index (χ3v) is 4.47. The van der Waals surface area contributed by atoms with Crippen LogP contribution in [-0.4, -0.2) is 22.0 Å². The molecule has 0 aliphatic carbocycles. The van der Waals surface area contributed by atoms with Crippen molar-refractivity contribution in [3.05, 3.63) is 47.8 Å². The van der Waals surface area contributed by atoms with Crippen LogP contribution in [0.2, 0.25) is 0 Å². The number of hydrogen-bond acceptors (Lipinski definition) is 3. The van der Waals surface area contributed by atoms with Gasteiger partial charge in [-0.25, -0.2) is 4.98 Å². The topological polar surface area (TPSA) is 46.9 Å². The molecule has 0 saturated heterocycles. The smallest absolute Gasteiger partial charge is 0.251 e. The monoisotopic (exact) mass is 317 g/mol. The first-order valence-corrected chi connectivity index (χ1v) is 8.52. The lowest BCUT2D eigenvalue weighted by Crippen LogP contribution is -2.25. The molecule has 1 aromatic carbocycles. The van der Waals surface area contributed by atoms with Gasteiger partial charge in [-0.15, -0.1) is 0 Å². The van der Waals surface area contributed by atoms with Crippen molar-refractivity contribution in [1.82, 2.24) is 14.9 Å². The Bertz CT molecular complexity index is 622. The Balaban J connectivity index is 1.91. The maximum absolute atomic E-state index is 12.1. The number of thioether (sulfide) groups is 1. The molecule has 1 amide bonds. The lowest BCUT2D eigenvalue weighted by molar-refractivity contribution is 0.0952.